The number of benzene rings is 1. The lowest BCUT2D eigenvalue weighted by Gasteiger charge is -2.16. The molecular formula is C16H24O6. The van der Waals surface area contributed by atoms with E-state index < -0.39 is 0 Å². The minimum absolute atomic E-state index is 0.103. The zero-order chi connectivity index (χ0) is 16.4. The summed E-state index contributed by atoms with van der Waals surface area (Å²) in [5, 5.41) is 0. The molecule has 0 N–H and O–H groups in total. The maximum absolute atomic E-state index is 11.6. The normalized spacial score (nSPS) is 10.4. The molecule has 1 rings (SSSR count). The van der Waals surface area contributed by atoms with Gasteiger partial charge in [0.05, 0.1) is 7.11 Å². The summed E-state index contributed by atoms with van der Waals surface area (Å²) < 4.78 is 26.2. The van der Waals surface area contributed by atoms with E-state index in [0.29, 0.717) is 36.5 Å². The molecule has 6 nitrogen and oxygen atoms in total. The standard InChI is InChI=1S/C16H24O6/c1-5-12(17)6-7-14-15(20-4)8-13(21-10-18-2)9-16(14)22-11-19-3/h8-9H,5-7,10-11H2,1-4H3. The number of Topliss-reactive ketones (excluding diaryl/α,β-unsaturated/α-hetero) is 1. The minimum atomic E-state index is 0.103. The average Bonchev–Trinajstić information content (AvgIpc) is 2.55. The number of ketones is 1. The smallest absolute Gasteiger partial charge is 0.188 e. The van der Waals surface area contributed by atoms with E-state index in [-0.39, 0.29) is 19.4 Å². The predicted octanol–water partition coefficient (Wildman–Crippen LogP) is 2.57. The lowest BCUT2D eigenvalue weighted by atomic mass is 10.0. The van der Waals surface area contributed by atoms with Gasteiger partial charge < -0.3 is 23.7 Å². The molecule has 0 saturated carbocycles. The van der Waals surface area contributed by atoms with E-state index in [1.165, 1.54) is 0 Å². The largest absolute Gasteiger partial charge is 0.496 e. The molecule has 0 unspecified atom stereocenters. The Balaban J connectivity index is 3.04. The zero-order valence-electron chi connectivity index (χ0n) is 13.6. The van der Waals surface area contributed by atoms with E-state index in [1.807, 2.05) is 6.92 Å². The van der Waals surface area contributed by atoms with Crippen LogP contribution >= 0.6 is 0 Å². The van der Waals surface area contributed by atoms with Crippen LogP contribution in [0, 0.1) is 0 Å². The molecule has 1 aromatic carbocycles. The molecule has 0 aromatic heterocycles. The molecule has 6 heteroatoms. The lowest BCUT2D eigenvalue weighted by molar-refractivity contribution is -0.118. The van der Waals surface area contributed by atoms with Crippen LogP contribution in [0.1, 0.15) is 25.3 Å². The van der Waals surface area contributed by atoms with Crippen molar-refractivity contribution in [2.24, 2.45) is 0 Å². The van der Waals surface area contributed by atoms with Crippen LogP contribution < -0.4 is 14.2 Å². The van der Waals surface area contributed by atoms with E-state index in [4.69, 9.17) is 23.7 Å². The molecule has 1 aromatic rings. The fraction of sp³-hybridized carbons (Fsp3) is 0.562. The van der Waals surface area contributed by atoms with Crippen molar-refractivity contribution in [2.75, 3.05) is 34.9 Å². The van der Waals surface area contributed by atoms with Crippen molar-refractivity contribution in [3.8, 4) is 17.2 Å². The van der Waals surface area contributed by atoms with Crippen LogP contribution in [0.25, 0.3) is 0 Å². The van der Waals surface area contributed by atoms with Crippen molar-refractivity contribution in [3.63, 3.8) is 0 Å². The van der Waals surface area contributed by atoms with Gasteiger partial charge in [0.15, 0.2) is 13.6 Å². The maximum Gasteiger partial charge on any atom is 0.188 e. The average molecular weight is 312 g/mol. The Labute approximate surface area is 131 Å². The Hall–Kier alpha value is -1.79. The first-order valence-electron chi connectivity index (χ1n) is 7.12. The SMILES string of the molecule is CCC(=O)CCc1c(OC)cc(OCOC)cc1OCOC. The second-order valence-electron chi connectivity index (χ2n) is 4.60. The maximum atomic E-state index is 11.6. The van der Waals surface area contributed by atoms with Gasteiger partial charge in [0.2, 0.25) is 0 Å². The molecule has 124 valence electrons. The van der Waals surface area contributed by atoms with Gasteiger partial charge in [-0.05, 0) is 6.42 Å². The summed E-state index contributed by atoms with van der Waals surface area (Å²) in [6.07, 6.45) is 1.50. The first kappa shape index (κ1) is 18.3. The Morgan fingerprint density at radius 3 is 2.23 bits per heavy atom. The molecule has 0 aliphatic heterocycles. The predicted molar refractivity (Wildman–Crippen MR) is 81.6 cm³/mol. The van der Waals surface area contributed by atoms with E-state index in [0.717, 1.165) is 5.56 Å². The number of ether oxygens (including phenoxy) is 5. The van der Waals surface area contributed by atoms with Crippen LogP contribution in [0.2, 0.25) is 0 Å². The van der Waals surface area contributed by atoms with Crippen molar-refractivity contribution in [2.45, 2.75) is 26.2 Å². The van der Waals surface area contributed by atoms with Crippen molar-refractivity contribution < 1.29 is 28.5 Å². The fourth-order valence-electron chi connectivity index (χ4n) is 1.93. The van der Waals surface area contributed by atoms with Crippen molar-refractivity contribution in [1.29, 1.82) is 0 Å². The Bertz CT molecular complexity index is 472. The van der Waals surface area contributed by atoms with Crippen LogP contribution in [0.4, 0.5) is 0 Å². The fourth-order valence-corrected chi connectivity index (χ4v) is 1.93. The molecule has 0 amide bonds. The summed E-state index contributed by atoms with van der Waals surface area (Å²) in [5.41, 5.74) is 0.825. The molecule has 0 aliphatic rings. The Kier molecular flexibility index (Phi) is 8.32. The van der Waals surface area contributed by atoms with E-state index in [9.17, 15) is 4.79 Å². The highest BCUT2D eigenvalue weighted by atomic mass is 16.7. The third-order valence-corrected chi connectivity index (χ3v) is 3.09. The van der Waals surface area contributed by atoms with E-state index >= 15 is 0 Å². The number of hydrogen-bond acceptors (Lipinski definition) is 6. The van der Waals surface area contributed by atoms with Gasteiger partial charge >= 0.3 is 0 Å². The van der Waals surface area contributed by atoms with E-state index in [2.05, 4.69) is 0 Å². The monoisotopic (exact) mass is 312 g/mol. The van der Waals surface area contributed by atoms with Crippen molar-refractivity contribution in [1.82, 2.24) is 0 Å². The Morgan fingerprint density at radius 1 is 1.00 bits per heavy atom. The number of carbonyl (C=O) groups is 1. The third kappa shape index (κ3) is 5.54. The summed E-state index contributed by atoms with van der Waals surface area (Å²) in [6, 6.07) is 3.50. The molecular weight excluding hydrogens is 288 g/mol. The number of methoxy groups -OCH3 is 3. The molecule has 0 saturated heterocycles. The van der Waals surface area contributed by atoms with Crippen LogP contribution in [-0.2, 0) is 20.7 Å². The second kappa shape index (κ2) is 10.0. The molecule has 0 radical (unpaired) electrons. The van der Waals surface area contributed by atoms with Crippen molar-refractivity contribution in [3.05, 3.63) is 17.7 Å². The van der Waals surface area contributed by atoms with Gasteiger partial charge in [-0.2, -0.15) is 0 Å². The molecule has 0 atom stereocenters. The van der Waals surface area contributed by atoms with Gasteiger partial charge in [0.1, 0.15) is 23.0 Å². The second-order valence-corrected chi connectivity index (χ2v) is 4.60. The number of hydrogen-bond donors (Lipinski definition) is 0. The summed E-state index contributed by atoms with van der Waals surface area (Å²) >= 11 is 0. The van der Waals surface area contributed by atoms with Crippen LogP contribution in [0.15, 0.2) is 12.1 Å². The summed E-state index contributed by atoms with van der Waals surface area (Å²) in [7, 11) is 4.66. The van der Waals surface area contributed by atoms with Crippen LogP contribution in [-0.4, -0.2) is 40.7 Å². The van der Waals surface area contributed by atoms with Crippen molar-refractivity contribution >= 4 is 5.78 Å². The molecule has 0 heterocycles. The highest BCUT2D eigenvalue weighted by Gasteiger charge is 2.15. The van der Waals surface area contributed by atoms with Gasteiger partial charge in [0.25, 0.3) is 0 Å². The third-order valence-electron chi connectivity index (χ3n) is 3.09. The lowest BCUT2D eigenvalue weighted by Crippen LogP contribution is -2.07. The molecule has 22 heavy (non-hydrogen) atoms. The van der Waals surface area contributed by atoms with Gasteiger partial charge in [-0.15, -0.1) is 0 Å². The summed E-state index contributed by atoms with van der Waals surface area (Å²) in [6.45, 7) is 2.08. The van der Waals surface area contributed by atoms with Gasteiger partial charge in [-0.1, -0.05) is 6.92 Å². The highest BCUT2D eigenvalue weighted by Crippen LogP contribution is 2.35. The highest BCUT2D eigenvalue weighted by molar-refractivity contribution is 5.78. The first-order chi connectivity index (χ1) is 10.7. The van der Waals surface area contributed by atoms with Gasteiger partial charge in [-0.25, -0.2) is 0 Å². The quantitative estimate of drug-likeness (QED) is 0.585. The zero-order valence-corrected chi connectivity index (χ0v) is 13.6. The Morgan fingerprint density at radius 2 is 1.64 bits per heavy atom. The van der Waals surface area contributed by atoms with E-state index in [1.54, 1.807) is 33.5 Å². The number of carbonyl (C=O) groups excluding carboxylic acids is 1. The molecule has 0 fully saturated rings. The minimum Gasteiger partial charge on any atom is -0.496 e. The first-order valence-corrected chi connectivity index (χ1v) is 7.12. The van der Waals surface area contributed by atoms with Gasteiger partial charge in [0, 0.05) is 44.8 Å². The summed E-state index contributed by atoms with van der Waals surface area (Å²) in [4.78, 5) is 11.6. The summed E-state index contributed by atoms with van der Waals surface area (Å²) in [5.74, 6) is 1.95. The van der Waals surface area contributed by atoms with Crippen LogP contribution in [0.3, 0.4) is 0 Å². The molecule has 0 spiro atoms. The molecule has 0 aliphatic carbocycles. The molecule has 0 bridgehead atoms. The number of rotatable bonds is 11. The van der Waals surface area contributed by atoms with Crippen LogP contribution in [0.5, 0.6) is 17.2 Å². The van der Waals surface area contributed by atoms with Gasteiger partial charge in [-0.3, -0.25) is 4.79 Å². The topological polar surface area (TPSA) is 63.2 Å².